The minimum absolute atomic E-state index is 0.556. The molecule has 0 spiro atoms. The number of nitrogens with zero attached hydrogens (tertiary/aromatic N) is 2. The quantitative estimate of drug-likeness (QED) is 0.816. The Bertz CT molecular complexity index is 561. The van der Waals surface area contributed by atoms with Crippen LogP contribution in [0.3, 0.4) is 0 Å². The van der Waals surface area contributed by atoms with Crippen molar-refractivity contribution >= 4 is 33.9 Å². The molecular weight excluding hydrogens is 369 g/mol. The lowest BCUT2D eigenvalue weighted by molar-refractivity contribution is 0.467. The van der Waals surface area contributed by atoms with E-state index >= 15 is 0 Å². The summed E-state index contributed by atoms with van der Waals surface area (Å²) in [6.45, 7) is 1.03. The van der Waals surface area contributed by atoms with Gasteiger partial charge >= 0.3 is 0 Å². The van der Waals surface area contributed by atoms with Crippen LogP contribution in [0.25, 0.3) is 0 Å². The molecular formula is C14H18IN3S. The van der Waals surface area contributed by atoms with Crippen LogP contribution in [0.15, 0.2) is 18.5 Å². The van der Waals surface area contributed by atoms with E-state index < -0.39 is 0 Å². The molecule has 0 fully saturated rings. The highest BCUT2D eigenvalue weighted by molar-refractivity contribution is 14.1. The highest BCUT2D eigenvalue weighted by Crippen LogP contribution is 2.36. The first kappa shape index (κ1) is 13.6. The Morgan fingerprint density at radius 1 is 1.58 bits per heavy atom. The maximum Gasteiger partial charge on any atom is 0.0659 e. The maximum absolute atomic E-state index is 4.21. The van der Waals surface area contributed by atoms with E-state index in [4.69, 9.17) is 0 Å². The van der Waals surface area contributed by atoms with Crippen molar-refractivity contribution in [2.24, 2.45) is 7.05 Å². The number of rotatable bonds is 4. The van der Waals surface area contributed by atoms with E-state index in [1.165, 1.54) is 27.7 Å². The number of aromatic nitrogens is 2. The summed E-state index contributed by atoms with van der Waals surface area (Å²) in [6, 6.07) is 2.92. The minimum Gasteiger partial charge on any atom is -0.310 e. The molecule has 0 aliphatic heterocycles. The highest BCUT2D eigenvalue weighted by atomic mass is 127. The first-order valence-electron chi connectivity index (χ1n) is 6.71. The predicted octanol–water partition coefficient (Wildman–Crippen LogP) is 3.30. The van der Waals surface area contributed by atoms with Crippen LogP contribution in [0, 0.1) is 2.88 Å². The molecule has 0 saturated heterocycles. The summed E-state index contributed by atoms with van der Waals surface area (Å²) >= 11 is 4.40. The molecule has 102 valence electrons. The summed E-state index contributed by atoms with van der Waals surface area (Å²) in [5, 5.41) is 7.93. The van der Waals surface area contributed by atoms with Crippen molar-refractivity contribution in [3.8, 4) is 0 Å². The van der Waals surface area contributed by atoms with Gasteiger partial charge in [0, 0.05) is 24.2 Å². The van der Waals surface area contributed by atoms with Crippen LogP contribution in [0.1, 0.15) is 34.9 Å². The van der Waals surface area contributed by atoms with Gasteiger partial charge in [0.2, 0.25) is 0 Å². The van der Waals surface area contributed by atoms with Gasteiger partial charge in [-0.15, -0.1) is 11.3 Å². The van der Waals surface area contributed by atoms with Crippen molar-refractivity contribution in [2.75, 3.05) is 6.54 Å². The second-order valence-electron chi connectivity index (χ2n) is 5.10. The third-order valence-corrected chi connectivity index (χ3v) is 5.62. The topological polar surface area (TPSA) is 29.9 Å². The molecule has 2 aromatic heterocycles. The minimum atomic E-state index is 0.556. The second-order valence-corrected chi connectivity index (χ2v) is 8.13. The smallest absolute Gasteiger partial charge is 0.0659 e. The molecule has 3 rings (SSSR count). The maximum atomic E-state index is 4.21. The lowest BCUT2D eigenvalue weighted by atomic mass is 9.94. The Balaban J connectivity index is 1.59. The molecule has 0 amide bonds. The Hall–Kier alpha value is -0.400. The van der Waals surface area contributed by atoms with E-state index in [0.29, 0.717) is 6.04 Å². The number of thiophene rings is 1. The Labute approximate surface area is 131 Å². The molecule has 19 heavy (non-hydrogen) atoms. The van der Waals surface area contributed by atoms with E-state index in [1.54, 1.807) is 10.4 Å². The molecule has 1 N–H and O–H groups in total. The summed E-state index contributed by atoms with van der Waals surface area (Å²) in [5.41, 5.74) is 2.86. The Kier molecular flexibility index (Phi) is 4.24. The van der Waals surface area contributed by atoms with Crippen molar-refractivity contribution < 1.29 is 0 Å². The van der Waals surface area contributed by atoms with Crippen LogP contribution in [0.4, 0.5) is 0 Å². The zero-order valence-electron chi connectivity index (χ0n) is 11.0. The van der Waals surface area contributed by atoms with Gasteiger partial charge in [-0.2, -0.15) is 5.10 Å². The predicted molar refractivity (Wildman–Crippen MR) is 87.6 cm³/mol. The molecule has 2 aromatic rings. The lowest BCUT2D eigenvalue weighted by Gasteiger charge is -2.23. The summed E-state index contributed by atoms with van der Waals surface area (Å²) in [6.07, 6.45) is 8.97. The fourth-order valence-electron chi connectivity index (χ4n) is 2.73. The largest absolute Gasteiger partial charge is 0.310 e. The molecule has 0 radical (unpaired) electrons. The summed E-state index contributed by atoms with van der Waals surface area (Å²) in [7, 11) is 1.97. The van der Waals surface area contributed by atoms with Gasteiger partial charge in [-0.25, -0.2) is 0 Å². The van der Waals surface area contributed by atoms with Crippen molar-refractivity contribution in [2.45, 2.75) is 31.7 Å². The molecule has 3 nitrogen and oxygen atoms in total. The van der Waals surface area contributed by atoms with Crippen molar-refractivity contribution in [3.63, 3.8) is 0 Å². The van der Waals surface area contributed by atoms with Crippen LogP contribution in [0.5, 0.6) is 0 Å². The Morgan fingerprint density at radius 3 is 3.26 bits per heavy atom. The van der Waals surface area contributed by atoms with Crippen LogP contribution in [-0.2, 0) is 19.9 Å². The number of halogens is 1. The monoisotopic (exact) mass is 387 g/mol. The average molecular weight is 387 g/mol. The summed E-state index contributed by atoms with van der Waals surface area (Å²) in [5.74, 6) is 0. The number of hydrogen-bond donors (Lipinski definition) is 1. The van der Waals surface area contributed by atoms with Gasteiger partial charge < -0.3 is 5.32 Å². The third kappa shape index (κ3) is 3.20. The molecule has 0 aromatic carbocycles. The lowest BCUT2D eigenvalue weighted by Crippen LogP contribution is -2.26. The zero-order valence-corrected chi connectivity index (χ0v) is 14.0. The molecule has 2 heterocycles. The van der Waals surface area contributed by atoms with Gasteiger partial charge in [0.05, 0.1) is 9.08 Å². The normalized spacial score (nSPS) is 18.5. The summed E-state index contributed by atoms with van der Waals surface area (Å²) in [4.78, 5) is 1.59. The molecule has 1 aliphatic carbocycles. The highest BCUT2D eigenvalue weighted by Gasteiger charge is 2.21. The van der Waals surface area contributed by atoms with Gasteiger partial charge in [0.15, 0.2) is 0 Å². The van der Waals surface area contributed by atoms with E-state index in [-0.39, 0.29) is 0 Å². The third-order valence-electron chi connectivity index (χ3n) is 3.65. The fourth-order valence-corrected chi connectivity index (χ4v) is 4.84. The van der Waals surface area contributed by atoms with Gasteiger partial charge in [-0.1, -0.05) is 0 Å². The first-order valence-corrected chi connectivity index (χ1v) is 8.61. The van der Waals surface area contributed by atoms with Crippen LogP contribution in [-0.4, -0.2) is 16.3 Å². The van der Waals surface area contributed by atoms with Crippen LogP contribution < -0.4 is 5.32 Å². The van der Waals surface area contributed by atoms with Gasteiger partial charge in [0.25, 0.3) is 0 Å². The van der Waals surface area contributed by atoms with Crippen molar-refractivity contribution in [1.82, 2.24) is 15.1 Å². The van der Waals surface area contributed by atoms with E-state index in [9.17, 15) is 0 Å². The Morgan fingerprint density at radius 2 is 2.47 bits per heavy atom. The standard InChI is InChI=1S/C14H18IN3S/c1-18-9-10(8-17-18)5-6-16-12-3-2-4-13-11(12)7-14(15)19-13/h7-9,12,16H,2-6H2,1H3. The second kappa shape index (κ2) is 5.93. The molecule has 1 unspecified atom stereocenters. The van der Waals surface area contributed by atoms with Crippen LogP contribution in [0.2, 0.25) is 0 Å². The van der Waals surface area contributed by atoms with Crippen LogP contribution >= 0.6 is 33.9 Å². The number of aryl methyl sites for hydroxylation is 2. The van der Waals surface area contributed by atoms with Gasteiger partial charge in [0.1, 0.15) is 0 Å². The fraction of sp³-hybridized carbons (Fsp3) is 0.500. The van der Waals surface area contributed by atoms with Crippen molar-refractivity contribution in [1.29, 1.82) is 0 Å². The molecule has 0 bridgehead atoms. The first-order chi connectivity index (χ1) is 9.22. The average Bonchev–Trinajstić information content (AvgIpc) is 2.95. The summed E-state index contributed by atoms with van der Waals surface area (Å²) < 4.78 is 3.29. The van der Waals surface area contributed by atoms with Gasteiger partial charge in [-0.3, -0.25) is 4.68 Å². The number of hydrogen-bond acceptors (Lipinski definition) is 3. The van der Waals surface area contributed by atoms with E-state index in [1.807, 2.05) is 29.3 Å². The SMILES string of the molecule is Cn1cc(CCNC2CCCc3sc(I)cc32)cn1. The zero-order chi connectivity index (χ0) is 13.2. The number of nitrogens with one attached hydrogen (secondary N) is 1. The van der Waals surface area contributed by atoms with Gasteiger partial charge in [-0.05, 0) is 72.0 Å². The van der Waals surface area contributed by atoms with E-state index in [0.717, 1.165) is 13.0 Å². The molecule has 5 heteroatoms. The molecule has 0 saturated carbocycles. The number of fused-ring (bicyclic) bond motifs is 1. The van der Waals surface area contributed by atoms with Crippen molar-refractivity contribution in [3.05, 3.63) is 37.3 Å². The van der Waals surface area contributed by atoms with E-state index in [2.05, 4.69) is 45.3 Å². The molecule has 1 aliphatic rings. The molecule has 1 atom stereocenters.